The maximum Gasteiger partial charge on any atom is 0.303 e. The molecule has 0 radical (unpaired) electrons. The Kier molecular flexibility index (Phi) is 6.45. The summed E-state index contributed by atoms with van der Waals surface area (Å²) < 4.78 is 0. The number of halogens is 1. The van der Waals surface area contributed by atoms with Gasteiger partial charge in [-0.3, -0.25) is 4.79 Å². The van der Waals surface area contributed by atoms with Crippen LogP contribution < -0.4 is 0 Å². The summed E-state index contributed by atoms with van der Waals surface area (Å²) in [5, 5.41) is 9.29. The van der Waals surface area contributed by atoms with Crippen molar-refractivity contribution in [3.63, 3.8) is 0 Å². The number of carboxylic acid groups (broad SMARTS) is 1. The van der Waals surface area contributed by atoms with Gasteiger partial charge in [0.2, 0.25) is 0 Å². The minimum Gasteiger partial charge on any atom is -0.481 e. The fraction of sp³-hybridized carbons (Fsp3) is 0.462. The fourth-order valence-corrected chi connectivity index (χ4v) is 2.60. The minimum absolute atomic E-state index is 0.279. The van der Waals surface area contributed by atoms with E-state index in [2.05, 4.69) is 6.07 Å². The number of thioether (sulfide) groups is 1. The van der Waals surface area contributed by atoms with Crippen LogP contribution in [0.25, 0.3) is 0 Å². The molecule has 1 aromatic carbocycles. The molecule has 0 spiro atoms. The first kappa shape index (κ1) is 14.4. The lowest BCUT2D eigenvalue weighted by Gasteiger charge is -2.03. The van der Waals surface area contributed by atoms with Gasteiger partial charge in [0, 0.05) is 16.3 Å². The van der Waals surface area contributed by atoms with E-state index < -0.39 is 5.97 Å². The van der Waals surface area contributed by atoms with Crippen molar-refractivity contribution in [1.82, 2.24) is 0 Å². The van der Waals surface area contributed by atoms with Crippen LogP contribution in [0, 0.1) is 6.92 Å². The molecule has 4 heteroatoms. The molecule has 0 aliphatic heterocycles. The predicted octanol–water partition coefficient (Wildman–Crippen LogP) is 4.39. The molecule has 1 rings (SSSR count). The minimum atomic E-state index is -0.706. The molecule has 0 atom stereocenters. The Balaban J connectivity index is 2.18. The lowest BCUT2D eigenvalue weighted by molar-refractivity contribution is -0.137. The zero-order valence-corrected chi connectivity index (χ0v) is 11.5. The molecule has 0 amide bonds. The van der Waals surface area contributed by atoms with Crippen molar-refractivity contribution in [3.05, 3.63) is 28.8 Å². The number of benzene rings is 1. The molecule has 1 N–H and O–H groups in total. The van der Waals surface area contributed by atoms with Crippen molar-refractivity contribution >= 4 is 29.3 Å². The van der Waals surface area contributed by atoms with Gasteiger partial charge in [0.05, 0.1) is 0 Å². The molecule has 0 aromatic heterocycles. The van der Waals surface area contributed by atoms with E-state index in [4.69, 9.17) is 16.7 Å². The summed E-state index contributed by atoms with van der Waals surface area (Å²) in [5.41, 5.74) is 1.09. The van der Waals surface area contributed by atoms with Gasteiger partial charge in [-0.1, -0.05) is 24.1 Å². The van der Waals surface area contributed by atoms with Crippen molar-refractivity contribution in [2.75, 3.05) is 5.75 Å². The Labute approximate surface area is 111 Å². The number of rotatable bonds is 7. The van der Waals surface area contributed by atoms with Gasteiger partial charge in [-0.2, -0.15) is 0 Å². The molecule has 2 nitrogen and oxygen atoms in total. The van der Waals surface area contributed by atoms with E-state index in [9.17, 15) is 4.79 Å². The summed E-state index contributed by atoms with van der Waals surface area (Å²) in [5.74, 6) is 0.307. The summed E-state index contributed by atoms with van der Waals surface area (Å²) in [6.45, 7) is 1.99. The number of carbonyl (C=O) groups is 1. The molecule has 94 valence electrons. The first-order valence-electron chi connectivity index (χ1n) is 5.70. The molecule has 0 saturated carbocycles. The van der Waals surface area contributed by atoms with E-state index in [1.165, 1.54) is 4.90 Å². The van der Waals surface area contributed by atoms with Crippen molar-refractivity contribution in [2.24, 2.45) is 0 Å². The van der Waals surface area contributed by atoms with Crippen molar-refractivity contribution < 1.29 is 9.90 Å². The van der Waals surface area contributed by atoms with E-state index in [0.717, 1.165) is 35.6 Å². The lowest BCUT2D eigenvalue weighted by Crippen LogP contribution is -1.93. The van der Waals surface area contributed by atoms with Crippen molar-refractivity contribution in [2.45, 2.75) is 37.5 Å². The molecule has 1 aromatic rings. The number of aliphatic carboxylic acids is 1. The predicted molar refractivity (Wildman–Crippen MR) is 73.0 cm³/mol. The average molecular weight is 273 g/mol. The summed E-state index contributed by atoms with van der Waals surface area (Å²) in [7, 11) is 0. The Morgan fingerprint density at radius 1 is 1.35 bits per heavy atom. The fourth-order valence-electron chi connectivity index (χ4n) is 1.41. The van der Waals surface area contributed by atoms with E-state index in [1.807, 2.05) is 19.1 Å². The zero-order chi connectivity index (χ0) is 12.7. The molecule has 0 heterocycles. The first-order valence-corrected chi connectivity index (χ1v) is 7.06. The van der Waals surface area contributed by atoms with Crippen LogP contribution in [-0.2, 0) is 4.79 Å². The maximum atomic E-state index is 10.3. The molecule has 0 bridgehead atoms. The molecule has 17 heavy (non-hydrogen) atoms. The number of aryl methyl sites for hydroxylation is 1. The Hall–Kier alpha value is -0.670. The molecular weight excluding hydrogens is 256 g/mol. The summed E-state index contributed by atoms with van der Waals surface area (Å²) in [6.07, 6.45) is 3.06. The summed E-state index contributed by atoms with van der Waals surface area (Å²) in [6, 6.07) is 6.08. The van der Waals surface area contributed by atoms with Gasteiger partial charge < -0.3 is 5.11 Å². The second kappa shape index (κ2) is 7.62. The Bertz CT molecular complexity index is 380. The second-order valence-electron chi connectivity index (χ2n) is 3.96. The summed E-state index contributed by atoms with van der Waals surface area (Å²) >= 11 is 7.80. The quantitative estimate of drug-likeness (QED) is 0.591. The van der Waals surface area contributed by atoms with Crippen LogP contribution in [0.3, 0.4) is 0 Å². The highest BCUT2D eigenvalue weighted by atomic mass is 35.5. The van der Waals surface area contributed by atoms with E-state index in [0.29, 0.717) is 0 Å². The van der Waals surface area contributed by atoms with Crippen LogP contribution in [0.4, 0.5) is 0 Å². The maximum absolute atomic E-state index is 10.3. The highest BCUT2D eigenvalue weighted by Crippen LogP contribution is 2.25. The normalized spacial score (nSPS) is 10.5. The molecule has 0 saturated heterocycles. The highest BCUT2D eigenvalue weighted by molar-refractivity contribution is 7.99. The SMILES string of the molecule is Cc1ccc(SCCCCCC(=O)O)cc1Cl. The van der Waals surface area contributed by atoms with Crippen LogP contribution >= 0.6 is 23.4 Å². The van der Waals surface area contributed by atoms with E-state index in [1.54, 1.807) is 11.8 Å². The molecule has 0 fully saturated rings. The van der Waals surface area contributed by atoms with Gasteiger partial charge in [0.1, 0.15) is 0 Å². The third kappa shape index (κ3) is 5.99. The van der Waals surface area contributed by atoms with Crippen LogP contribution in [0.1, 0.15) is 31.2 Å². The third-order valence-electron chi connectivity index (χ3n) is 2.45. The zero-order valence-electron chi connectivity index (χ0n) is 9.91. The van der Waals surface area contributed by atoms with Gasteiger partial charge >= 0.3 is 5.97 Å². The highest BCUT2D eigenvalue weighted by Gasteiger charge is 2.00. The number of hydrogen-bond acceptors (Lipinski definition) is 2. The van der Waals surface area contributed by atoms with Gasteiger partial charge in [-0.25, -0.2) is 0 Å². The van der Waals surface area contributed by atoms with Crippen LogP contribution in [0.5, 0.6) is 0 Å². The van der Waals surface area contributed by atoms with Crippen LogP contribution in [-0.4, -0.2) is 16.8 Å². The standard InChI is InChI=1S/C13H17ClO2S/c1-10-6-7-11(9-12(10)14)17-8-4-2-3-5-13(15)16/h6-7,9H,2-5,8H2,1H3,(H,15,16). The van der Waals surface area contributed by atoms with E-state index in [-0.39, 0.29) is 6.42 Å². The number of unbranched alkanes of at least 4 members (excludes halogenated alkanes) is 2. The topological polar surface area (TPSA) is 37.3 Å². The molecular formula is C13H17ClO2S. The first-order chi connectivity index (χ1) is 8.09. The van der Waals surface area contributed by atoms with Crippen molar-refractivity contribution in [1.29, 1.82) is 0 Å². The molecule has 0 unspecified atom stereocenters. The molecule has 0 aliphatic rings. The van der Waals surface area contributed by atoms with Crippen molar-refractivity contribution in [3.8, 4) is 0 Å². The smallest absolute Gasteiger partial charge is 0.303 e. The average Bonchev–Trinajstić information content (AvgIpc) is 2.27. The number of hydrogen-bond donors (Lipinski definition) is 1. The molecule has 0 aliphatic carbocycles. The Morgan fingerprint density at radius 2 is 2.12 bits per heavy atom. The lowest BCUT2D eigenvalue weighted by atomic mass is 10.2. The Morgan fingerprint density at radius 3 is 2.76 bits per heavy atom. The largest absolute Gasteiger partial charge is 0.481 e. The van der Waals surface area contributed by atoms with E-state index >= 15 is 0 Å². The van der Waals surface area contributed by atoms with Gasteiger partial charge in [0.15, 0.2) is 0 Å². The van der Waals surface area contributed by atoms with Crippen LogP contribution in [0.15, 0.2) is 23.1 Å². The monoisotopic (exact) mass is 272 g/mol. The number of carboxylic acids is 1. The van der Waals surface area contributed by atoms with Gasteiger partial charge in [-0.05, 0) is 43.2 Å². The van der Waals surface area contributed by atoms with Gasteiger partial charge in [-0.15, -0.1) is 11.8 Å². The van der Waals surface area contributed by atoms with Gasteiger partial charge in [0.25, 0.3) is 0 Å². The third-order valence-corrected chi connectivity index (χ3v) is 3.93. The summed E-state index contributed by atoms with van der Waals surface area (Å²) in [4.78, 5) is 11.5. The van der Waals surface area contributed by atoms with Crippen LogP contribution in [0.2, 0.25) is 5.02 Å². The second-order valence-corrected chi connectivity index (χ2v) is 5.54.